The van der Waals surface area contributed by atoms with Gasteiger partial charge in [0, 0.05) is 17.2 Å². The highest BCUT2D eigenvalue weighted by Gasteiger charge is 2.31. The molecule has 7 heteroatoms. The SMILES string of the molecule is Cc1ccccc1/C=C/C(=O)OCC(=O)N(c1ccccc1)[C@H]1C=CS(=O)(=O)C1. The first-order chi connectivity index (χ1) is 13.9. The average molecular weight is 411 g/mol. The normalized spacial score (nSPS) is 17.3. The van der Waals surface area contributed by atoms with Crippen LogP contribution in [0.4, 0.5) is 5.69 Å². The number of aryl methyl sites for hydroxylation is 1. The zero-order chi connectivity index (χ0) is 20.9. The lowest BCUT2D eigenvalue weighted by molar-refractivity contribution is -0.143. The second-order valence-corrected chi connectivity index (χ2v) is 8.55. The number of anilines is 1. The number of sulfone groups is 1. The lowest BCUT2D eigenvalue weighted by atomic mass is 10.1. The summed E-state index contributed by atoms with van der Waals surface area (Å²) in [4.78, 5) is 26.1. The second-order valence-electron chi connectivity index (χ2n) is 6.62. The van der Waals surface area contributed by atoms with Crippen LogP contribution >= 0.6 is 0 Å². The molecule has 29 heavy (non-hydrogen) atoms. The first-order valence-corrected chi connectivity index (χ1v) is 10.8. The molecule has 0 saturated carbocycles. The molecule has 150 valence electrons. The number of rotatable bonds is 6. The lowest BCUT2D eigenvalue weighted by Gasteiger charge is -2.27. The Morgan fingerprint density at radius 3 is 2.45 bits per heavy atom. The van der Waals surface area contributed by atoms with Crippen LogP contribution in [-0.4, -0.2) is 38.7 Å². The summed E-state index contributed by atoms with van der Waals surface area (Å²) < 4.78 is 28.7. The van der Waals surface area contributed by atoms with Gasteiger partial charge in [0.15, 0.2) is 16.4 Å². The van der Waals surface area contributed by atoms with E-state index in [0.717, 1.165) is 16.5 Å². The number of benzene rings is 2. The first-order valence-electron chi connectivity index (χ1n) is 9.04. The van der Waals surface area contributed by atoms with Crippen LogP contribution in [0.1, 0.15) is 11.1 Å². The van der Waals surface area contributed by atoms with E-state index in [1.165, 1.54) is 17.1 Å². The molecule has 1 heterocycles. The minimum Gasteiger partial charge on any atom is -0.452 e. The Morgan fingerprint density at radius 1 is 1.10 bits per heavy atom. The molecule has 6 nitrogen and oxygen atoms in total. The van der Waals surface area contributed by atoms with Crippen LogP contribution in [0.25, 0.3) is 6.08 Å². The molecule has 0 fully saturated rings. The standard InChI is InChI=1S/C22H21NO5S/c1-17-7-5-6-8-18(17)11-12-22(25)28-15-21(24)23(19-9-3-2-4-10-19)20-13-14-29(26,27)16-20/h2-14,20H,15-16H2,1H3/b12-11+/t20-/m0/s1. The molecular formula is C22H21NO5S. The third kappa shape index (κ3) is 5.42. The molecule has 0 bridgehead atoms. The summed E-state index contributed by atoms with van der Waals surface area (Å²) in [5, 5.41) is 1.11. The molecule has 1 amide bonds. The van der Waals surface area contributed by atoms with E-state index in [2.05, 4.69) is 0 Å². The summed E-state index contributed by atoms with van der Waals surface area (Å²) in [6, 6.07) is 15.6. The molecule has 2 aromatic rings. The topological polar surface area (TPSA) is 80.8 Å². The zero-order valence-corrected chi connectivity index (χ0v) is 16.7. The Kier molecular flexibility index (Phi) is 6.29. The van der Waals surface area contributed by atoms with Crippen molar-refractivity contribution in [3.05, 3.63) is 83.3 Å². The van der Waals surface area contributed by atoms with Crippen molar-refractivity contribution in [1.29, 1.82) is 0 Å². The van der Waals surface area contributed by atoms with Crippen molar-refractivity contribution in [2.75, 3.05) is 17.3 Å². The predicted molar refractivity (Wildman–Crippen MR) is 112 cm³/mol. The van der Waals surface area contributed by atoms with Gasteiger partial charge in [0.1, 0.15) is 0 Å². The number of amides is 1. The number of nitrogens with zero attached hydrogens (tertiary/aromatic N) is 1. The molecule has 1 aliphatic heterocycles. The smallest absolute Gasteiger partial charge is 0.331 e. The monoisotopic (exact) mass is 411 g/mol. The molecule has 1 atom stereocenters. The summed E-state index contributed by atoms with van der Waals surface area (Å²) in [5.74, 6) is -1.35. The minimum atomic E-state index is -3.35. The summed E-state index contributed by atoms with van der Waals surface area (Å²) >= 11 is 0. The number of hydrogen-bond donors (Lipinski definition) is 0. The van der Waals surface area contributed by atoms with Crippen LogP contribution in [0.5, 0.6) is 0 Å². The molecule has 0 radical (unpaired) electrons. The van der Waals surface area contributed by atoms with E-state index in [4.69, 9.17) is 4.74 Å². The molecule has 1 aliphatic rings. The highest BCUT2D eigenvalue weighted by molar-refractivity contribution is 7.94. The Hall–Kier alpha value is -3.19. The fourth-order valence-corrected chi connectivity index (χ4v) is 4.28. The van der Waals surface area contributed by atoms with Crippen LogP contribution in [0.2, 0.25) is 0 Å². The summed E-state index contributed by atoms with van der Waals surface area (Å²) in [7, 11) is -3.35. The number of carbonyl (C=O) groups is 2. The van der Waals surface area contributed by atoms with E-state index in [-0.39, 0.29) is 5.75 Å². The van der Waals surface area contributed by atoms with Crippen LogP contribution < -0.4 is 4.90 Å². The Morgan fingerprint density at radius 2 is 1.79 bits per heavy atom. The van der Waals surface area contributed by atoms with E-state index >= 15 is 0 Å². The van der Waals surface area contributed by atoms with Gasteiger partial charge in [0.2, 0.25) is 0 Å². The molecule has 0 N–H and O–H groups in total. The number of hydrogen-bond acceptors (Lipinski definition) is 5. The largest absolute Gasteiger partial charge is 0.452 e. The van der Waals surface area contributed by atoms with Gasteiger partial charge >= 0.3 is 5.97 Å². The third-order valence-electron chi connectivity index (χ3n) is 4.47. The van der Waals surface area contributed by atoms with Gasteiger partial charge in [-0.25, -0.2) is 13.2 Å². The van der Waals surface area contributed by atoms with E-state index in [1.54, 1.807) is 36.4 Å². The molecule has 0 aromatic heterocycles. The number of ether oxygens (including phenoxy) is 1. The zero-order valence-electron chi connectivity index (χ0n) is 15.9. The van der Waals surface area contributed by atoms with Gasteiger partial charge in [-0.1, -0.05) is 42.5 Å². The van der Waals surface area contributed by atoms with Crippen LogP contribution in [0, 0.1) is 6.92 Å². The first kappa shape index (κ1) is 20.5. The van der Waals surface area contributed by atoms with Crippen molar-refractivity contribution >= 4 is 33.5 Å². The number of esters is 1. The Balaban J connectivity index is 1.68. The van der Waals surface area contributed by atoms with Crippen molar-refractivity contribution in [2.45, 2.75) is 13.0 Å². The molecule has 0 saturated heterocycles. The number of para-hydroxylation sites is 1. The molecule has 0 aliphatic carbocycles. The van der Waals surface area contributed by atoms with Gasteiger partial charge in [-0.2, -0.15) is 0 Å². The summed E-state index contributed by atoms with van der Waals surface area (Å²) in [6.45, 7) is 1.44. The lowest BCUT2D eigenvalue weighted by Crippen LogP contribution is -2.43. The van der Waals surface area contributed by atoms with Gasteiger partial charge in [-0.3, -0.25) is 4.79 Å². The van der Waals surface area contributed by atoms with E-state index in [9.17, 15) is 18.0 Å². The second kappa shape index (κ2) is 8.87. The van der Waals surface area contributed by atoms with Crippen LogP contribution in [0.3, 0.4) is 0 Å². The van der Waals surface area contributed by atoms with Crippen molar-refractivity contribution in [3.8, 4) is 0 Å². The van der Waals surface area contributed by atoms with Gasteiger partial charge in [-0.15, -0.1) is 0 Å². The maximum absolute atomic E-state index is 12.8. The van der Waals surface area contributed by atoms with Gasteiger partial charge in [-0.05, 0) is 42.3 Å². The summed E-state index contributed by atoms with van der Waals surface area (Å²) in [5.41, 5.74) is 2.43. The molecule has 2 aromatic carbocycles. The van der Waals surface area contributed by atoms with Crippen LogP contribution in [-0.2, 0) is 24.2 Å². The fraction of sp³-hybridized carbons (Fsp3) is 0.182. The quantitative estimate of drug-likeness (QED) is 0.539. The van der Waals surface area contributed by atoms with Crippen molar-refractivity contribution < 1.29 is 22.7 Å². The van der Waals surface area contributed by atoms with Crippen molar-refractivity contribution in [2.24, 2.45) is 0 Å². The van der Waals surface area contributed by atoms with Gasteiger partial charge < -0.3 is 9.64 Å². The van der Waals surface area contributed by atoms with E-state index < -0.39 is 34.4 Å². The van der Waals surface area contributed by atoms with Gasteiger partial charge in [0.25, 0.3) is 5.91 Å². The maximum Gasteiger partial charge on any atom is 0.331 e. The Labute approximate surface area is 170 Å². The highest BCUT2D eigenvalue weighted by Crippen LogP contribution is 2.22. The molecule has 0 spiro atoms. The third-order valence-corrected chi connectivity index (χ3v) is 5.85. The summed E-state index contributed by atoms with van der Waals surface area (Å²) in [6.07, 6.45) is 4.37. The maximum atomic E-state index is 12.8. The minimum absolute atomic E-state index is 0.200. The van der Waals surface area contributed by atoms with Gasteiger partial charge in [0.05, 0.1) is 11.8 Å². The molecular weight excluding hydrogens is 390 g/mol. The predicted octanol–water partition coefficient (Wildman–Crippen LogP) is 2.90. The fourth-order valence-electron chi connectivity index (χ4n) is 3.01. The van der Waals surface area contributed by atoms with Crippen LogP contribution in [0.15, 0.2) is 72.2 Å². The molecule has 0 unspecified atom stereocenters. The molecule has 3 rings (SSSR count). The van der Waals surface area contributed by atoms with E-state index in [1.807, 2.05) is 31.2 Å². The Bertz CT molecular complexity index is 1060. The highest BCUT2D eigenvalue weighted by atomic mass is 32.2. The van der Waals surface area contributed by atoms with Crippen molar-refractivity contribution in [3.63, 3.8) is 0 Å². The van der Waals surface area contributed by atoms with E-state index in [0.29, 0.717) is 5.69 Å². The van der Waals surface area contributed by atoms with Crippen molar-refractivity contribution in [1.82, 2.24) is 0 Å². The average Bonchev–Trinajstić information content (AvgIpc) is 3.06. The number of carbonyl (C=O) groups excluding carboxylic acids is 2.